The Morgan fingerprint density at radius 2 is 2.00 bits per heavy atom. The van der Waals surface area contributed by atoms with E-state index in [2.05, 4.69) is 0 Å². The first kappa shape index (κ1) is 12.7. The predicted octanol–water partition coefficient (Wildman–Crippen LogP) is -0.462. The van der Waals surface area contributed by atoms with Gasteiger partial charge in [-0.3, -0.25) is 0 Å². The van der Waals surface area contributed by atoms with Crippen LogP contribution in [0.2, 0.25) is 0 Å². The summed E-state index contributed by atoms with van der Waals surface area (Å²) in [5, 5.41) is 10.7. The summed E-state index contributed by atoms with van der Waals surface area (Å²) in [6, 6.07) is 8.35. The first-order valence-corrected chi connectivity index (χ1v) is 5.59. The standard InChI is InChI=1S/C13H19NO2/c1-10(2)14(9-13(15)16)8-12-7-5-4-6-11(12)3/h4-7,10H,8-9H2,1-3H3,(H,15,16). The molecule has 0 aliphatic carbocycles. The van der Waals surface area contributed by atoms with Gasteiger partial charge in [-0.2, -0.15) is 0 Å². The molecule has 1 unspecified atom stereocenters. The maximum Gasteiger partial charge on any atom is 0.118 e. The lowest BCUT2D eigenvalue weighted by Gasteiger charge is -2.24. The van der Waals surface area contributed by atoms with Crippen LogP contribution in [0.3, 0.4) is 0 Å². The highest BCUT2D eigenvalue weighted by Crippen LogP contribution is 2.04. The smallest absolute Gasteiger partial charge is 0.118 e. The highest BCUT2D eigenvalue weighted by atomic mass is 16.4. The fourth-order valence-corrected chi connectivity index (χ4v) is 1.71. The molecule has 88 valence electrons. The molecular formula is C13H19NO2. The van der Waals surface area contributed by atoms with Crippen LogP contribution in [0.4, 0.5) is 0 Å². The van der Waals surface area contributed by atoms with Gasteiger partial charge in [0.1, 0.15) is 13.1 Å². The molecule has 16 heavy (non-hydrogen) atoms. The molecule has 1 rings (SSSR count). The van der Waals surface area contributed by atoms with Crippen molar-refractivity contribution in [2.24, 2.45) is 0 Å². The zero-order valence-corrected chi connectivity index (χ0v) is 10.1. The molecular weight excluding hydrogens is 202 g/mol. The van der Waals surface area contributed by atoms with Gasteiger partial charge in [0.25, 0.3) is 0 Å². The SMILES string of the molecule is Cc1ccccc1C[NH+](CC(=O)[O-])C(C)C. The Morgan fingerprint density at radius 1 is 1.38 bits per heavy atom. The Balaban J connectivity index is 2.76. The van der Waals surface area contributed by atoms with Crippen molar-refractivity contribution in [2.45, 2.75) is 33.4 Å². The predicted molar refractivity (Wildman–Crippen MR) is 60.9 cm³/mol. The Morgan fingerprint density at radius 3 is 2.50 bits per heavy atom. The van der Waals surface area contributed by atoms with Crippen LogP contribution >= 0.6 is 0 Å². The maximum absolute atomic E-state index is 10.7. The lowest BCUT2D eigenvalue weighted by Crippen LogP contribution is -3.15. The number of carboxylic acid groups (broad SMARTS) is 1. The number of hydrogen-bond donors (Lipinski definition) is 1. The van der Waals surface area contributed by atoms with Gasteiger partial charge in [-0.1, -0.05) is 24.3 Å². The molecule has 0 aliphatic heterocycles. The van der Waals surface area contributed by atoms with E-state index in [0.29, 0.717) is 0 Å². The summed E-state index contributed by atoms with van der Waals surface area (Å²) in [5.74, 6) is -0.989. The fraction of sp³-hybridized carbons (Fsp3) is 0.462. The zero-order valence-electron chi connectivity index (χ0n) is 10.1. The average molecular weight is 221 g/mol. The quantitative estimate of drug-likeness (QED) is 0.731. The first-order chi connectivity index (χ1) is 7.50. The molecule has 1 aromatic rings. The van der Waals surface area contributed by atoms with E-state index in [1.54, 1.807) is 0 Å². The van der Waals surface area contributed by atoms with Gasteiger partial charge in [-0.05, 0) is 26.3 Å². The highest BCUT2D eigenvalue weighted by molar-refractivity contribution is 5.65. The summed E-state index contributed by atoms with van der Waals surface area (Å²) in [6.07, 6.45) is 0. The molecule has 1 N–H and O–H groups in total. The number of carboxylic acids is 1. The molecule has 0 saturated heterocycles. The second kappa shape index (κ2) is 5.66. The largest absolute Gasteiger partial charge is 0.544 e. The van der Waals surface area contributed by atoms with Gasteiger partial charge in [0.15, 0.2) is 0 Å². The lowest BCUT2D eigenvalue weighted by atomic mass is 10.1. The van der Waals surface area contributed by atoms with E-state index in [0.717, 1.165) is 11.4 Å². The van der Waals surface area contributed by atoms with Gasteiger partial charge in [0.05, 0.1) is 12.0 Å². The number of carbonyl (C=O) groups is 1. The van der Waals surface area contributed by atoms with Crippen LogP contribution < -0.4 is 10.0 Å². The van der Waals surface area contributed by atoms with Gasteiger partial charge < -0.3 is 14.8 Å². The minimum absolute atomic E-state index is 0.0615. The Kier molecular flexibility index (Phi) is 4.50. The van der Waals surface area contributed by atoms with Gasteiger partial charge in [0.2, 0.25) is 0 Å². The van der Waals surface area contributed by atoms with Crippen molar-refractivity contribution in [3.8, 4) is 0 Å². The van der Waals surface area contributed by atoms with E-state index in [1.165, 1.54) is 11.1 Å². The summed E-state index contributed by atoms with van der Waals surface area (Å²) < 4.78 is 0. The van der Waals surface area contributed by atoms with E-state index < -0.39 is 5.97 Å². The number of rotatable bonds is 5. The molecule has 3 nitrogen and oxygen atoms in total. The molecule has 1 aromatic carbocycles. The summed E-state index contributed by atoms with van der Waals surface area (Å²) in [7, 11) is 0. The van der Waals surface area contributed by atoms with E-state index in [4.69, 9.17) is 0 Å². The maximum atomic E-state index is 10.7. The molecule has 0 saturated carbocycles. The van der Waals surface area contributed by atoms with Crippen molar-refractivity contribution in [1.29, 1.82) is 0 Å². The molecule has 0 fully saturated rings. The van der Waals surface area contributed by atoms with E-state index in [-0.39, 0.29) is 12.6 Å². The van der Waals surface area contributed by atoms with Crippen LogP contribution in [-0.4, -0.2) is 18.6 Å². The molecule has 0 heterocycles. The van der Waals surface area contributed by atoms with Gasteiger partial charge in [-0.15, -0.1) is 0 Å². The van der Waals surface area contributed by atoms with Crippen LogP contribution in [0, 0.1) is 6.92 Å². The van der Waals surface area contributed by atoms with Crippen LogP contribution in [-0.2, 0) is 11.3 Å². The van der Waals surface area contributed by atoms with Gasteiger partial charge in [-0.25, -0.2) is 0 Å². The number of aryl methyl sites for hydroxylation is 1. The van der Waals surface area contributed by atoms with Crippen molar-refractivity contribution < 1.29 is 14.8 Å². The van der Waals surface area contributed by atoms with Crippen LogP contribution in [0.1, 0.15) is 25.0 Å². The third-order valence-corrected chi connectivity index (χ3v) is 2.87. The fourth-order valence-electron chi connectivity index (χ4n) is 1.71. The van der Waals surface area contributed by atoms with E-state index in [1.807, 2.05) is 45.0 Å². The zero-order chi connectivity index (χ0) is 12.1. The van der Waals surface area contributed by atoms with Crippen LogP contribution in [0.15, 0.2) is 24.3 Å². The number of nitrogens with one attached hydrogen (secondary N) is 1. The normalized spacial score (nSPS) is 12.8. The number of benzene rings is 1. The monoisotopic (exact) mass is 221 g/mol. The lowest BCUT2D eigenvalue weighted by molar-refractivity contribution is -0.929. The molecule has 0 bridgehead atoms. The van der Waals surface area contributed by atoms with Crippen molar-refractivity contribution in [2.75, 3.05) is 6.54 Å². The molecule has 3 heteroatoms. The van der Waals surface area contributed by atoms with E-state index >= 15 is 0 Å². The molecule has 0 radical (unpaired) electrons. The first-order valence-electron chi connectivity index (χ1n) is 5.59. The van der Waals surface area contributed by atoms with Crippen LogP contribution in [0.25, 0.3) is 0 Å². The number of aliphatic carboxylic acids is 1. The van der Waals surface area contributed by atoms with Crippen molar-refractivity contribution >= 4 is 5.97 Å². The van der Waals surface area contributed by atoms with Crippen molar-refractivity contribution in [1.82, 2.24) is 0 Å². The van der Waals surface area contributed by atoms with Crippen molar-refractivity contribution in [3.05, 3.63) is 35.4 Å². The Bertz CT molecular complexity index is 361. The van der Waals surface area contributed by atoms with E-state index in [9.17, 15) is 9.90 Å². The second-order valence-electron chi connectivity index (χ2n) is 4.46. The minimum atomic E-state index is -0.989. The molecule has 0 spiro atoms. The summed E-state index contributed by atoms with van der Waals surface area (Å²) >= 11 is 0. The number of carbonyl (C=O) groups excluding carboxylic acids is 1. The Hall–Kier alpha value is -1.35. The molecule has 0 aromatic heterocycles. The topological polar surface area (TPSA) is 44.6 Å². The average Bonchev–Trinajstić information content (AvgIpc) is 2.19. The summed E-state index contributed by atoms with van der Waals surface area (Å²) in [5.41, 5.74) is 2.41. The summed E-state index contributed by atoms with van der Waals surface area (Å²) in [4.78, 5) is 11.7. The van der Waals surface area contributed by atoms with Crippen molar-refractivity contribution in [3.63, 3.8) is 0 Å². The van der Waals surface area contributed by atoms with Gasteiger partial charge >= 0.3 is 0 Å². The van der Waals surface area contributed by atoms with Gasteiger partial charge in [0, 0.05) is 5.56 Å². The minimum Gasteiger partial charge on any atom is -0.544 e. The summed E-state index contributed by atoms with van der Waals surface area (Å²) in [6.45, 7) is 6.89. The third kappa shape index (κ3) is 3.66. The number of hydrogen-bond acceptors (Lipinski definition) is 2. The second-order valence-corrected chi connectivity index (χ2v) is 4.46. The highest BCUT2D eigenvalue weighted by Gasteiger charge is 2.14. The molecule has 1 atom stereocenters. The third-order valence-electron chi connectivity index (χ3n) is 2.87. The number of quaternary nitrogens is 1. The Labute approximate surface area is 96.7 Å². The van der Waals surface area contributed by atoms with Crippen LogP contribution in [0.5, 0.6) is 0 Å². The molecule has 0 aliphatic rings. The molecule has 0 amide bonds.